The second-order valence-electron chi connectivity index (χ2n) is 8.76. The first-order chi connectivity index (χ1) is 17.3. The van der Waals surface area contributed by atoms with Crippen LogP contribution in [0.5, 0.6) is 5.88 Å². The molecule has 0 N–H and O–H groups in total. The lowest BCUT2D eigenvalue weighted by Gasteiger charge is -2.31. The van der Waals surface area contributed by atoms with E-state index in [-0.39, 0.29) is 16.8 Å². The van der Waals surface area contributed by atoms with Gasteiger partial charge < -0.3 is 4.74 Å². The Morgan fingerprint density at radius 2 is 1.75 bits per heavy atom. The van der Waals surface area contributed by atoms with Gasteiger partial charge >= 0.3 is 0 Å². The summed E-state index contributed by atoms with van der Waals surface area (Å²) >= 11 is 5.91. The fraction of sp³-hybridized carbons (Fsp3) is 0.280. The summed E-state index contributed by atoms with van der Waals surface area (Å²) in [5.41, 5.74) is 1.91. The van der Waals surface area contributed by atoms with Gasteiger partial charge in [-0.1, -0.05) is 11.6 Å². The number of Topliss-reactive ketones (excluding diaryl/α,β-unsaturated/α-hetero) is 1. The Morgan fingerprint density at radius 3 is 2.42 bits per heavy atom. The predicted octanol–water partition coefficient (Wildman–Crippen LogP) is 3.60. The van der Waals surface area contributed by atoms with Crippen molar-refractivity contribution in [2.75, 3.05) is 25.9 Å². The van der Waals surface area contributed by atoms with E-state index in [1.807, 2.05) is 0 Å². The summed E-state index contributed by atoms with van der Waals surface area (Å²) in [5, 5.41) is 5.70. The van der Waals surface area contributed by atoms with Gasteiger partial charge in [-0.25, -0.2) is 23.1 Å². The molecule has 0 atom stereocenters. The van der Waals surface area contributed by atoms with E-state index in [0.717, 1.165) is 25.9 Å². The maximum absolute atomic E-state index is 12.6. The van der Waals surface area contributed by atoms with Crippen molar-refractivity contribution in [1.29, 1.82) is 0 Å². The molecule has 36 heavy (non-hydrogen) atoms. The number of ether oxygens (including phenoxy) is 1. The molecule has 0 bridgehead atoms. The minimum Gasteiger partial charge on any atom is -0.474 e. The van der Waals surface area contributed by atoms with Crippen molar-refractivity contribution in [2.24, 2.45) is 0 Å². The Hall–Kier alpha value is -3.34. The molecule has 11 heteroatoms. The van der Waals surface area contributed by atoms with Crippen molar-refractivity contribution in [3.8, 4) is 11.6 Å². The number of hydrogen-bond donors (Lipinski definition) is 0. The lowest BCUT2D eigenvalue weighted by atomic mass is 10.1. The molecule has 4 aromatic rings. The van der Waals surface area contributed by atoms with E-state index in [4.69, 9.17) is 16.3 Å². The van der Waals surface area contributed by atoms with Gasteiger partial charge in [0.1, 0.15) is 17.8 Å². The Morgan fingerprint density at radius 1 is 1.06 bits per heavy atom. The van der Waals surface area contributed by atoms with E-state index in [1.54, 1.807) is 59.4 Å². The number of fused-ring (bicyclic) bond motifs is 1. The maximum Gasteiger partial charge on any atom is 0.228 e. The van der Waals surface area contributed by atoms with Crippen molar-refractivity contribution < 1.29 is 17.9 Å². The highest BCUT2D eigenvalue weighted by Gasteiger charge is 2.24. The van der Waals surface area contributed by atoms with Gasteiger partial charge in [-0.15, -0.1) is 0 Å². The molecule has 1 fully saturated rings. The number of carbonyl (C=O) groups is 1. The molecule has 0 spiro atoms. The van der Waals surface area contributed by atoms with Crippen molar-refractivity contribution in [3.63, 3.8) is 0 Å². The first kappa shape index (κ1) is 24.4. The second-order valence-corrected chi connectivity index (χ2v) is 11.2. The van der Waals surface area contributed by atoms with E-state index in [9.17, 15) is 13.2 Å². The van der Waals surface area contributed by atoms with Crippen LogP contribution in [0, 0.1) is 0 Å². The Labute approximate surface area is 213 Å². The van der Waals surface area contributed by atoms with Crippen LogP contribution in [-0.2, 0) is 9.84 Å². The third-order valence-electron chi connectivity index (χ3n) is 6.19. The Kier molecular flexibility index (Phi) is 6.74. The summed E-state index contributed by atoms with van der Waals surface area (Å²) in [7, 11) is -3.28. The van der Waals surface area contributed by atoms with Crippen molar-refractivity contribution in [1.82, 2.24) is 24.6 Å². The maximum atomic E-state index is 12.6. The molecule has 0 saturated carbocycles. The molecule has 0 radical (unpaired) electrons. The summed E-state index contributed by atoms with van der Waals surface area (Å²) in [4.78, 5) is 23.6. The van der Waals surface area contributed by atoms with E-state index in [0.29, 0.717) is 39.7 Å². The number of aromatic nitrogens is 4. The summed E-state index contributed by atoms with van der Waals surface area (Å²) in [5.74, 6) is 0.523. The summed E-state index contributed by atoms with van der Waals surface area (Å²) in [6, 6.07) is 13.4. The average Bonchev–Trinajstić information content (AvgIpc) is 3.30. The molecule has 3 heterocycles. The highest BCUT2D eigenvalue weighted by molar-refractivity contribution is 7.90. The molecule has 1 aliphatic rings. The number of carbonyl (C=O) groups excluding carboxylic acids is 1. The van der Waals surface area contributed by atoms with Crippen LogP contribution in [0.1, 0.15) is 23.2 Å². The second kappa shape index (κ2) is 9.96. The van der Waals surface area contributed by atoms with E-state index < -0.39 is 9.84 Å². The number of ketones is 1. The molecule has 5 rings (SSSR count). The molecule has 2 aromatic heterocycles. The molecular weight excluding hydrogens is 502 g/mol. The van der Waals surface area contributed by atoms with Gasteiger partial charge in [-0.3, -0.25) is 9.69 Å². The normalized spacial score (nSPS) is 15.3. The predicted molar refractivity (Wildman–Crippen MR) is 136 cm³/mol. The van der Waals surface area contributed by atoms with Crippen LogP contribution in [0.3, 0.4) is 0 Å². The third kappa shape index (κ3) is 5.25. The fourth-order valence-electron chi connectivity index (χ4n) is 4.21. The molecule has 0 unspecified atom stereocenters. The van der Waals surface area contributed by atoms with Crippen LogP contribution in [-0.4, -0.2) is 70.8 Å². The SMILES string of the molecule is CS(=O)(=O)c1ccc(-n2ncc3c(OC4CCN(CC(=O)c5ccc(Cl)cc5)CC4)ncnc32)cc1. The Bertz CT molecular complexity index is 1500. The standard InChI is InChI=1S/C25H24ClN5O4S/c1-36(33,34)21-8-6-19(7-9-21)31-24-22(14-29-31)25(28-16-27-24)35-20-10-12-30(13-11-20)15-23(32)17-2-4-18(26)5-3-17/h2-9,14,16,20H,10-13,15H2,1H3. The number of sulfone groups is 1. The van der Waals surface area contributed by atoms with Crippen molar-refractivity contribution in [2.45, 2.75) is 23.8 Å². The smallest absolute Gasteiger partial charge is 0.228 e. The van der Waals surface area contributed by atoms with Crippen LogP contribution in [0.2, 0.25) is 5.02 Å². The quantitative estimate of drug-likeness (QED) is 0.337. The van der Waals surface area contributed by atoms with E-state index in [1.165, 1.54) is 12.6 Å². The van der Waals surface area contributed by atoms with Crippen molar-refractivity contribution in [3.05, 3.63) is 71.6 Å². The zero-order valence-corrected chi connectivity index (χ0v) is 21.1. The van der Waals surface area contributed by atoms with Gasteiger partial charge in [0.05, 0.1) is 23.3 Å². The molecule has 9 nitrogen and oxygen atoms in total. The highest BCUT2D eigenvalue weighted by atomic mass is 35.5. The van der Waals surface area contributed by atoms with Crippen molar-refractivity contribution >= 4 is 38.3 Å². The average molecular weight is 526 g/mol. The zero-order chi connectivity index (χ0) is 25.3. The first-order valence-electron chi connectivity index (χ1n) is 11.4. The van der Waals surface area contributed by atoms with Gasteiger partial charge in [0.15, 0.2) is 21.3 Å². The zero-order valence-electron chi connectivity index (χ0n) is 19.5. The number of benzene rings is 2. The minimum atomic E-state index is -3.28. The number of nitrogens with zero attached hydrogens (tertiary/aromatic N) is 5. The van der Waals surface area contributed by atoms with Crippen LogP contribution in [0.15, 0.2) is 66.0 Å². The third-order valence-corrected chi connectivity index (χ3v) is 7.57. The summed E-state index contributed by atoms with van der Waals surface area (Å²) < 4.78 is 31.3. The largest absolute Gasteiger partial charge is 0.474 e. The van der Waals surface area contributed by atoms with Crippen LogP contribution in [0.4, 0.5) is 0 Å². The molecular formula is C25H24ClN5O4S. The molecule has 0 amide bonds. The van der Waals surface area contributed by atoms with Gasteiger partial charge in [0, 0.05) is 29.9 Å². The topological polar surface area (TPSA) is 107 Å². The fourth-order valence-corrected chi connectivity index (χ4v) is 4.97. The van der Waals surface area contributed by atoms with Crippen LogP contribution >= 0.6 is 11.6 Å². The van der Waals surface area contributed by atoms with Gasteiger partial charge in [-0.2, -0.15) is 5.10 Å². The summed E-state index contributed by atoms with van der Waals surface area (Å²) in [6.45, 7) is 1.84. The first-order valence-corrected chi connectivity index (χ1v) is 13.7. The monoisotopic (exact) mass is 525 g/mol. The molecule has 1 aliphatic heterocycles. The summed E-state index contributed by atoms with van der Waals surface area (Å²) in [6.07, 6.45) is 5.74. The minimum absolute atomic E-state index is 0.0395. The number of piperidine rings is 1. The van der Waals surface area contributed by atoms with Gasteiger partial charge in [0.25, 0.3) is 0 Å². The number of likely N-dealkylation sites (tertiary alicyclic amines) is 1. The highest BCUT2D eigenvalue weighted by Crippen LogP contribution is 2.26. The molecule has 2 aromatic carbocycles. The van der Waals surface area contributed by atoms with E-state index in [2.05, 4.69) is 20.0 Å². The molecule has 186 valence electrons. The van der Waals surface area contributed by atoms with E-state index >= 15 is 0 Å². The van der Waals surface area contributed by atoms with Crippen LogP contribution < -0.4 is 4.74 Å². The van der Waals surface area contributed by atoms with Gasteiger partial charge in [0.2, 0.25) is 5.88 Å². The lowest BCUT2D eigenvalue weighted by molar-refractivity contribution is 0.0782. The van der Waals surface area contributed by atoms with Crippen LogP contribution in [0.25, 0.3) is 16.7 Å². The number of rotatable bonds is 7. The lowest BCUT2D eigenvalue weighted by Crippen LogP contribution is -2.40. The molecule has 0 aliphatic carbocycles. The van der Waals surface area contributed by atoms with Gasteiger partial charge in [-0.05, 0) is 61.4 Å². The number of hydrogen-bond acceptors (Lipinski definition) is 8. The molecule has 1 saturated heterocycles. The Balaban J connectivity index is 1.24. The number of halogens is 1.